The van der Waals surface area contributed by atoms with Gasteiger partial charge in [-0.25, -0.2) is 12.8 Å². The van der Waals surface area contributed by atoms with Crippen molar-refractivity contribution in [2.45, 2.75) is 6.54 Å². The van der Waals surface area contributed by atoms with Crippen molar-refractivity contribution in [2.24, 2.45) is 0 Å². The van der Waals surface area contributed by atoms with E-state index in [4.69, 9.17) is 0 Å². The molecule has 4 nitrogen and oxygen atoms in total. The maximum atomic E-state index is 13.5. The van der Waals surface area contributed by atoms with Crippen LogP contribution in [-0.2, 0) is 16.6 Å². The summed E-state index contributed by atoms with van der Waals surface area (Å²) in [6.07, 6.45) is 1.08. The second-order valence-corrected chi connectivity index (χ2v) is 6.11. The Morgan fingerprint density at radius 3 is 2.25 bits per heavy atom. The van der Waals surface area contributed by atoms with Crippen molar-refractivity contribution >= 4 is 21.4 Å². The molecule has 2 aromatic rings. The summed E-state index contributed by atoms with van der Waals surface area (Å²) in [7, 11) is -3.35. The van der Waals surface area contributed by atoms with Gasteiger partial charge in [-0.2, -0.15) is 0 Å². The van der Waals surface area contributed by atoms with Crippen molar-refractivity contribution in [3.05, 3.63) is 59.9 Å². The SMILES string of the molecule is CS(=O)(=O)Nc1ccccc1NCc1ccccc1F. The van der Waals surface area contributed by atoms with Crippen LogP contribution in [0.15, 0.2) is 48.5 Å². The highest BCUT2D eigenvalue weighted by Crippen LogP contribution is 2.22. The van der Waals surface area contributed by atoms with E-state index in [1.807, 2.05) is 0 Å². The number of hydrogen-bond acceptors (Lipinski definition) is 3. The van der Waals surface area contributed by atoms with Crippen LogP contribution in [0.2, 0.25) is 0 Å². The molecule has 0 fully saturated rings. The molecule has 2 aromatic carbocycles. The van der Waals surface area contributed by atoms with Crippen LogP contribution in [0.25, 0.3) is 0 Å². The van der Waals surface area contributed by atoms with Gasteiger partial charge in [-0.05, 0) is 18.2 Å². The first-order chi connectivity index (χ1) is 9.46. The molecule has 2 rings (SSSR count). The predicted molar refractivity (Wildman–Crippen MR) is 78.6 cm³/mol. The van der Waals surface area contributed by atoms with E-state index in [2.05, 4.69) is 10.0 Å². The summed E-state index contributed by atoms with van der Waals surface area (Å²) in [6, 6.07) is 13.3. The number of anilines is 2. The molecule has 6 heteroatoms. The molecule has 0 spiro atoms. The maximum absolute atomic E-state index is 13.5. The third-order valence-corrected chi connectivity index (χ3v) is 3.24. The zero-order valence-electron chi connectivity index (χ0n) is 10.9. The normalized spacial score (nSPS) is 11.1. The second-order valence-electron chi connectivity index (χ2n) is 4.36. The fraction of sp³-hybridized carbons (Fsp3) is 0.143. The maximum Gasteiger partial charge on any atom is 0.229 e. The number of sulfonamides is 1. The van der Waals surface area contributed by atoms with Crippen LogP contribution >= 0.6 is 0 Å². The van der Waals surface area contributed by atoms with Gasteiger partial charge in [-0.1, -0.05) is 30.3 Å². The molecule has 0 atom stereocenters. The van der Waals surface area contributed by atoms with Crippen LogP contribution in [0.4, 0.5) is 15.8 Å². The summed E-state index contributed by atoms with van der Waals surface area (Å²) in [5, 5.41) is 3.03. The molecule has 0 amide bonds. The largest absolute Gasteiger partial charge is 0.379 e. The Hall–Kier alpha value is -2.08. The lowest BCUT2D eigenvalue weighted by atomic mass is 10.2. The van der Waals surface area contributed by atoms with E-state index >= 15 is 0 Å². The average Bonchev–Trinajstić information content (AvgIpc) is 2.37. The van der Waals surface area contributed by atoms with Gasteiger partial charge in [0, 0.05) is 12.1 Å². The zero-order chi connectivity index (χ0) is 14.6. The molecule has 106 valence electrons. The predicted octanol–water partition coefficient (Wildman–Crippen LogP) is 2.81. The van der Waals surface area contributed by atoms with E-state index in [9.17, 15) is 12.8 Å². The lowest BCUT2D eigenvalue weighted by molar-refractivity contribution is 0.606. The van der Waals surface area contributed by atoms with Crippen LogP contribution in [-0.4, -0.2) is 14.7 Å². The molecule has 0 saturated carbocycles. The van der Waals surface area contributed by atoms with Gasteiger partial charge in [0.2, 0.25) is 10.0 Å². The number of nitrogens with one attached hydrogen (secondary N) is 2. The van der Waals surface area contributed by atoms with Crippen LogP contribution in [0.3, 0.4) is 0 Å². The van der Waals surface area contributed by atoms with Gasteiger partial charge in [0.05, 0.1) is 17.6 Å². The van der Waals surface area contributed by atoms with E-state index in [0.717, 1.165) is 6.26 Å². The minimum Gasteiger partial charge on any atom is -0.379 e. The third-order valence-electron chi connectivity index (χ3n) is 2.65. The molecule has 0 unspecified atom stereocenters. The molecule has 0 aliphatic rings. The Bertz CT molecular complexity index is 702. The molecule has 2 N–H and O–H groups in total. The highest BCUT2D eigenvalue weighted by molar-refractivity contribution is 7.92. The van der Waals surface area contributed by atoms with Gasteiger partial charge >= 0.3 is 0 Å². The number of rotatable bonds is 5. The van der Waals surface area contributed by atoms with Crippen molar-refractivity contribution < 1.29 is 12.8 Å². The Labute approximate surface area is 117 Å². The summed E-state index contributed by atoms with van der Waals surface area (Å²) < 4.78 is 38.5. The Balaban J connectivity index is 2.16. The molecule has 20 heavy (non-hydrogen) atoms. The topological polar surface area (TPSA) is 58.2 Å². The van der Waals surface area contributed by atoms with Crippen molar-refractivity contribution in [2.75, 3.05) is 16.3 Å². The molecule has 0 bridgehead atoms. The number of halogens is 1. The van der Waals surface area contributed by atoms with E-state index in [1.54, 1.807) is 42.5 Å². The minimum absolute atomic E-state index is 0.273. The number of para-hydroxylation sites is 2. The van der Waals surface area contributed by atoms with Crippen molar-refractivity contribution in [1.82, 2.24) is 0 Å². The van der Waals surface area contributed by atoms with Gasteiger partial charge in [0.1, 0.15) is 5.82 Å². The van der Waals surface area contributed by atoms with Gasteiger partial charge in [0.25, 0.3) is 0 Å². The first-order valence-electron chi connectivity index (χ1n) is 6.00. The van der Waals surface area contributed by atoms with E-state index in [-0.39, 0.29) is 12.4 Å². The van der Waals surface area contributed by atoms with Gasteiger partial charge < -0.3 is 5.32 Å². The number of hydrogen-bond donors (Lipinski definition) is 2. The molecular weight excluding hydrogens is 279 g/mol. The highest BCUT2D eigenvalue weighted by atomic mass is 32.2. The minimum atomic E-state index is -3.35. The van der Waals surface area contributed by atoms with E-state index < -0.39 is 10.0 Å². The van der Waals surface area contributed by atoms with Gasteiger partial charge in [0.15, 0.2) is 0 Å². The lowest BCUT2D eigenvalue weighted by Gasteiger charge is -2.13. The fourth-order valence-corrected chi connectivity index (χ4v) is 2.34. The molecule has 0 aromatic heterocycles. The summed E-state index contributed by atoms with van der Waals surface area (Å²) in [4.78, 5) is 0. The lowest BCUT2D eigenvalue weighted by Crippen LogP contribution is -2.12. The van der Waals surface area contributed by atoms with Crippen LogP contribution < -0.4 is 10.0 Å². The number of benzene rings is 2. The summed E-state index contributed by atoms with van der Waals surface area (Å²) in [5.74, 6) is -0.298. The van der Waals surface area contributed by atoms with Crippen molar-refractivity contribution in [3.8, 4) is 0 Å². The monoisotopic (exact) mass is 294 g/mol. The van der Waals surface area contributed by atoms with E-state index in [1.165, 1.54) is 6.07 Å². The molecule has 0 aliphatic carbocycles. The Morgan fingerprint density at radius 2 is 1.60 bits per heavy atom. The van der Waals surface area contributed by atoms with Crippen LogP contribution in [0, 0.1) is 5.82 Å². The third kappa shape index (κ3) is 3.96. The fourth-order valence-electron chi connectivity index (χ4n) is 1.76. The second kappa shape index (κ2) is 5.92. The van der Waals surface area contributed by atoms with Crippen LogP contribution in [0.1, 0.15) is 5.56 Å². The van der Waals surface area contributed by atoms with Gasteiger partial charge in [-0.3, -0.25) is 4.72 Å². The van der Waals surface area contributed by atoms with E-state index in [0.29, 0.717) is 16.9 Å². The smallest absolute Gasteiger partial charge is 0.229 e. The first kappa shape index (κ1) is 14.3. The quantitative estimate of drug-likeness (QED) is 0.891. The standard InChI is InChI=1S/C14H15FN2O2S/c1-20(18,19)17-14-9-5-4-8-13(14)16-10-11-6-2-3-7-12(11)15/h2-9,16-17H,10H2,1H3. The average molecular weight is 294 g/mol. The van der Waals surface area contributed by atoms with Crippen LogP contribution in [0.5, 0.6) is 0 Å². The Morgan fingerprint density at radius 1 is 1.00 bits per heavy atom. The van der Waals surface area contributed by atoms with Crippen molar-refractivity contribution in [3.63, 3.8) is 0 Å². The summed E-state index contributed by atoms with van der Waals surface area (Å²) in [5.41, 5.74) is 1.55. The van der Waals surface area contributed by atoms with Gasteiger partial charge in [-0.15, -0.1) is 0 Å². The molecule has 0 heterocycles. The molecular formula is C14H15FN2O2S. The molecule has 0 saturated heterocycles. The van der Waals surface area contributed by atoms with Crippen molar-refractivity contribution in [1.29, 1.82) is 0 Å². The Kier molecular flexibility index (Phi) is 4.24. The molecule has 0 radical (unpaired) electrons. The summed E-state index contributed by atoms with van der Waals surface area (Å²) >= 11 is 0. The summed E-state index contributed by atoms with van der Waals surface area (Å²) in [6.45, 7) is 0.273. The zero-order valence-corrected chi connectivity index (χ0v) is 11.7. The molecule has 0 aliphatic heterocycles. The first-order valence-corrected chi connectivity index (χ1v) is 7.89. The highest BCUT2D eigenvalue weighted by Gasteiger charge is 2.07.